The quantitative estimate of drug-likeness (QED) is 0.761. The molecule has 0 aromatic heterocycles. The van der Waals surface area contributed by atoms with Crippen LogP contribution in [0.15, 0.2) is 0 Å². The number of amides is 1. The molecular weight excluding hydrogens is 220 g/mol. The van der Waals surface area contributed by atoms with Crippen molar-refractivity contribution in [2.45, 2.75) is 39.2 Å². The predicted octanol–water partition coefficient (Wildman–Crippen LogP) is 0.698. The first-order valence-electron chi connectivity index (χ1n) is 6.16. The Hall–Kier alpha value is -1.10. The number of hydrogen-bond acceptors (Lipinski definition) is 3. The second-order valence-electron chi connectivity index (χ2n) is 4.99. The summed E-state index contributed by atoms with van der Waals surface area (Å²) in [6.07, 6.45) is 1.82. The number of likely N-dealkylation sites (N-methyl/N-ethyl adjacent to an activating group) is 1. The molecule has 0 spiro atoms. The maximum Gasteiger partial charge on any atom is 0.329 e. The summed E-state index contributed by atoms with van der Waals surface area (Å²) in [5, 5.41) is 12.4. The SMILES string of the molecule is CCN(C(=O)[C@@H]1CCCNC1)C(C)(C)C(=O)O. The van der Waals surface area contributed by atoms with Crippen molar-refractivity contribution in [2.24, 2.45) is 5.92 Å². The number of carbonyl (C=O) groups excluding carboxylic acids is 1. The largest absolute Gasteiger partial charge is 0.480 e. The first kappa shape index (κ1) is 14.0. The van der Waals surface area contributed by atoms with Gasteiger partial charge in [-0.15, -0.1) is 0 Å². The van der Waals surface area contributed by atoms with Crippen molar-refractivity contribution in [2.75, 3.05) is 19.6 Å². The highest BCUT2D eigenvalue weighted by molar-refractivity contribution is 5.87. The van der Waals surface area contributed by atoms with Gasteiger partial charge >= 0.3 is 5.97 Å². The van der Waals surface area contributed by atoms with Crippen molar-refractivity contribution in [3.63, 3.8) is 0 Å². The van der Waals surface area contributed by atoms with E-state index in [0.717, 1.165) is 19.4 Å². The molecule has 1 rings (SSSR count). The highest BCUT2D eigenvalue weighted by atomic mass is 16.4. The highest BCUT2D eigenvalue weighted by Crippen LogP contribution is 2.21. The average molecular weight is 242 g/mol. The van der Waals surface area contributed by atoms with Crippen molar-refractivity contribution >= 4 is 11.9 Å². The van der Waals surface area contributed by atoms with Gasteiger partial charge in [-0.25, -0.2) is 4.79 Å². The minimum absolute atomic E-state index is 0.0490. The third-order valence-electron chi connectivity index (χ3n) is 3.43. The summed E-state index contributed by atoms with van der Waals surface area (Å²) in [6, 6.07) is 0. The maximum absolute atomic E-state index is 12.3. The molecule has 1 saturated heterocycles. The minimum atomic E-state index is -1.14. The van der Waals surface area contributed by atoms with Crippen LogP contribution in [0.1, 0.15) is 33.6 Å². The van der Waals surface area contributed by atoms with E-state index in [1.165, 1.54) is 4.90 Å². The lowest BCUT2D eigenvalue weighted by molar-refractivity contribution is -0.158. The number of carbonyl (C=O) groups is 2. The molecule has 1 aliphatic heterocycles. The first-order chi connectivity index (χ1) is 7.91. The second-order valence-corrected chi connectivity index (χ2v) is 4.99. The highest BCUT2D eigenvalue weighted by Gasteiger charge is 2.39. The molecule has 0 aromatic rings. The zero-order chi connectivity index (χ0) is 13.1. The summed E-state index contributed by atoms with van der Waals surface area (Å²) in [5.41, 5.74) is -1.14. The second kappa shape index (κ2) is 5.49. The molecule has 1 heterocycles. The minimum Gasteiger partial charge on any atom is -0.480 e. The van der Waals surface area contributed by atoms with Gasteiger partial charge in [0.25, 0.3) is 0 Å². The number of nitrogens with one attached hydrogen (secondary N) is 1. The number of piperidine rings is 1. The number of nitrogens with zero attached hydrogens (tertiary/aromatic N) is 1. The number of hydrogen-bond donors (Lipinski definition) is 2. The molecule has 0 unspecified atom stereocenters. The Morgan fingerprint density at radius 3 is 2.53 bits per heavy atom. The lowest BCUT2D eigenvalue weighted by atomic mass is 9.94. The van der Waals surface area contributed by atoms with Crippen LogP contribution in [0.5, 0.6) is 0 Å². The summed E-state index contributed by atoms with van der Waals surface area (Å²) in [6.45, 7) is 7.00. The summed E-state index contributed by atoms with van der Waals surface area (Å²) in [5.74, 6) is -1.09. The van der Waals surface area contributed by atoms with E-state index in [1.54, 1.807) is 13.8 Å². The average Bonchev–Trinajstić information content (AvgIpc) is 2.30. The molecule has 1 atom stereocenters. The van der Waals surface area contributed by atoms with Crippen molar-refractivity contribution in [3.05, 3.63) is 0 Å². The van der Waals surface area contributed by atoms with E-state index in [4.69, 9.17) is 0 Å². The van der Waals surface area contributed by atoms with E-state index in [1.807, 2.05) is 6.92 Å². The predicted molar refractivity (Wildman–Crippen MR) is 64.7 cm³/mol. The molecule has 5 nitrogen and oxygen atoms in total. The molecule has 1 fully saturated rings. The normalized spacial score (nSPS) is 21.0. The van der Waals surface area contributed by atoms with Crippen LogP contribution in [0.3, 0.4) is 0 Å². The van der Waals surface area contributed by atoms with E-state index in [2.05, 4.69) is 5.32 Å². The zero-order valence-electron chi connectivity index (χ0n) is 10.8. The van der Waals surface area contributed by atoms with E-state index < -0.39 is 11.5 Å². The Morgan fingerprint density at radius 1 is 1.47 bits per heavy atom. The van der Waals surface area contributed by atoms with E-state index in [9.17, 15) is 14.7 Å². The molecular formula is C12H22N2O3. The maximum atomic E-state index is 12.3. The molecule has 0 radical (unpaired) electrons. The summed E-state index contributed by atoms with van der Waals surface area (Å²) >= 11 is 0. The Bertz CT molecular complexity index is 296. The van der Waals surface area contributed by atoms with Crippen molar-refractivity contribution in [1.29, 1.82) is 0 Å². The van der Waals surface area contributed by atoms with Crippen LogP contribution in [0, 0.1) is 5.92 Å². The van der Waals surface area contributed by atoms with Gasteiger partial charge in [0.2, 0.25) is 5.91 Å². The van der Waals surface area contributed by atoms with Crippen LogP contribution in [0.4, 0.5) is 0 Å². The molecule has 17 heavy (non-hydrogen) atoms. The number of rotatable bonds is 4. The van der Waals surface area contributed by atoms with Gasteiger partial charge in [0, 0.05) is 13.1 Å². The topological polar surface area (TPSA) is 69.6 Å². The fraction of sp³-hybridized carbons (Fsp3) is 0.833. The molecule has 1 amide bonds. The first-order valence-corrected chi connectivity index (χ1v) is 6.16. The lowest BCUT2D eigenvalue weighted by Crippen LogP contribution is -2.56. The number of carboxylic acids is 1. The summed E-state index contributed by atoms with van der Waals surface area (Å²) in [4.78, 5) is 25.0. The molecule has 0 saturated carbocycles. The third kappa shape index (κ3) is 2.97. The van der Waals surface area contributed by atoms with Crippen molar-refractivity contribution in [1.82, 2.24) is 10.2 Å². The van der Waals surface area contributed by atoms with Crippen LogP contribution >= 0.6 is 0 Å². The van der Waals surface area contributed by atoms with Gasteiger partial charge in [0.05, 0.1) is 5.92 Å². The Kier molecular flexibility index (Phi) is 4.51. The van der Waals surface area contributed by atoms with Crippen LogP contribution < -0.4 is 5.32 Å². The fourth-order valence-corrected chi connectivity index (χ4v) is 2.23. The number of carboxylic acid groups (broad SMARTS) is 1. The van der Waals surface area contributed by atoms with Gasteiger partial charge in [-0.3, -0.25) is 4.79 Å². The Balaban J connectivity index is 2.79. The van der Waals surface area contributed by atoms with Crippen LogP contribution in [-0.2, 0) is 9.59 Å². The monoisotopic (exact) mass is 242 g/mol. The van der Waals surface area contributed by atoms with Crippen molar-refractivity contribution in [3.8, 4) is 0 Å². The standard InChI is InChI=1S/C12H22N2O3/c1-4-14(12(2,3)11(16)17)10(15)9-6-5-7-13-8-9/h9,13H,4-8H2,1-3H3,(H,16,17)/t9-/m1/s1. The van der Waals surface area contributed by atoms with Gasteiger partial charge in [-0.2, -0.15) is 0 Å². The Labute approximate surface area is 102 Å². The van der Waals surface area contributed by atoms with Crippen molar-refractivity contribution < 1.29 is 14.7 Å². The molecule has 0 aromatic carbocycles. The summed E-state index contributed by atoms with van der Waals surface area (Å²) in [7, 11) is 0. The van der Waals surface area contributed by atoms with Gasteiger partial charge in [-0.05, 0) is 40.2 Å². The number of aliphatic carboxylic acids is 1. The van der Waals surface area contributed by atoms with E-state index in [0.29, 0.717) is 13.1 Å². The van der Waals surface area contributed by atoms with Gasteiger partial charge in [-0.1, -0.05) is 0 Å². The summed E-state index contributed by atoms with van der Waals surface area (Å²) < 4.78 is 0. The van der Waals surface area contributed by atoms with E-state index >= 15 is 0 Å². The van der Waals surface area contributed by atoms with Crippen LogP contribution in [0.25, 0.3) is 0 Å². The lowest BCUT2D eigenvalue weighted by Gasteiger charge is -2.37. The van der Waals surface area contributed by atoms with Crippen LogP contribution in [-0.4, -0.2) is 47.1 Å². The molecule has 1 aliphatic rings. The smallest absolute Gasteiger partial charge is 0.329 e. The third-order valence-corrected chi connectivity index (χ3v) is 3.43. The molecule has 2 N–H and O–H groups in total. The van der Waals surface area contributed by atoms with Gasteiger partial charge < -0.3 is 15.3 Å². The molecule has 5 heteroatoms. The van der Waals surface area contributed by atoms with Gasteiger partial charge in [0.15, 0.2) is 0 Å². The van der Waals surface area contributed by atoms with E-state index in [-0.39, 0.29) is 11.8 Å². The zero-order valence-corrected chi connectivity index (χ0v) is 10.8. The molecule has 0 bridgehead atoms. The molecule has 0 aliphatic carbocycles. The van der Waals surface area contributed by atoms with Gasteiger partial charge in [0.1, 0.15) is 5.54 Å². The van der Waals surface area contributed by atoms with Crippen LogP contribution in [0.2, 0.25) is 0 Å². The fourth-order valence-electron chi connectivity index (χ4n) is 2.23. The molecule has 98 valence electrons. The Morgan fingerprint density at radius 2 is 2.12 bits per heavy atom.